The average Bonchev–Trinajstić information content (AvgIpc) is 3.09. The maximum absolute atomic E-state index is 12.5. The first-order valence-electron chi connectivity index (χ1n) is 9.53. The zero-order valence-corrected chi connectivity index (χ0v) is 16.7. The first-order chi connectivity index (χ1) is 14.0. The van der Waals surface area contributed by atoms with Gasteiger partial charge in [0.05, 0.1) is 5.71 Å². The molecule has 2 heterocycles. The van der Waals surface area contributed by atoms with E-state index in [0.717, 1.165) is 28.4 Å². The van der Waals surface area contributed by atoms with E-state index in [4.69, 9.17) is 9.47 Å². The van der Waals surface area contributed by atoms with Crippen LogP contribution in [0.3, 0.4) is 0 Å². The third kappa shape index (κ3) is 3.87. The molecule has 0 saturated carbocycles. The third-order valence-corrected chi connectivity index (χ3v) is 4.94. The summed E-state index contributed by atoms with van der Waals surface area (Å²) >= 11 is 0. The minimum Gasteiger partial charge on any atom is -0.486 e. The van der Waals surface area contributed by atoms with Crippen LogP contribution in [0.4, 0.5) is 0 Å². The number of benzene rings is 2. The molecule has 1 aliphatic rings. The molecule has 0 unspecified atom stereocenters. The lowest BCUT2D eigenvalue weighted by Crippen LogP contribution is -2.19. The standard InChI is InChI=1S/C23H23N3O3/c1-15-4-5-16(2)26(15)20-9-6-18(7-10-20)23(27)25-24-17(3)19-8-11-21-22(14-19)29-13-12-28-21/h4-11,14H,12-13H2,1-3H3,(H,25,27)/b24-17+. The Morgan fingerprint density at radius 3 is 2.21 bits per heavy atom. The van der Waals surface area contributed by atoms with Crippen LogP contribution in [-0.4, -0.2) is 29.4 Å². The summed E-state index contributed by atoms with van der Waals surface area (Å²) in [6.07, 6.45) is 0. The van der Waals surface area contributed by atoms with Crippen LogP contribution in [0, 0.1) is 13.8 Å². The van der Waals surface area contributed by atoms with Crippen LogP contribution in [0.1, 0.15) is 34.2 Å². The molecule has 1 aromatic heterocycles. The van der Waals surface area contributed by atoms with E-state index in [0.29, 0.717) is 30.2 Å². The highest BCUT2D eigenvalue weighted by Crippen LogP contribution is 2.30. The first-order valence-corrected chi connectivity index (χ1v) is 9.53. The maximum Gasteiger partial charge on any atom is 0.271 e. The fourth-order valence-electron chi connectivity index (χ4n) is 3.37. The number of nitrogens with one attached hydrogen (secondary N) is 1. The van der Waals surface area contributed by atoms with Crippen LogP contribution >= 0.6 is 0 Å². The lowest BCUT2D eigenvalue weighted by Gasteiger charge is -2.18. The molecule has 0 aliphatic carbocycles. The highest BCUT2D eigenvalue weighted by atomic mass is 16.6. The van der Waals surface area contributed by atoms with E-state index in [2.05, 4.69) is 41.1 Å². The van der Waals surface area contributed by atoms with Gasteiger partial charge in [-0.15, -0.1) is 0 Å². The molecular formula is C23H23N3O3. The molecule has 0 bridgehead atoms. The molecule has 1 amide bonds. The lowest BCUT2D eigenvalue weighted by molar-refractivity contribution is 0.0955. The average molecular weight is 389 g/mol. The molecular weight excluding hydrogens is 366 g/mol. The normalized spacial score (nSPS) is 13.3. The molecule has 0 atom stereocenters. The Hall–Kier alpha value is -3.54. The van der Waals surface area contributed by atoms with Crippen molar-refractivity contribution in [3.8, 4) is 17.2 Å². The molecule has 1 aliphatic heterocycles. The number of hydrogen-bond acceptors (Lipinski definition) is 4. The summed E-state index contributed by atoms with van der Waals surface area (Å²) in [5, 5.41) is 4.24. The minimum absolute atomic E-state index is 0.255. The Morgan fingerprint density at radius 2 is 1.52 bits per heavy atom. The van der Waals surface area contributed by atoms with Gasteiger partial charge in [0.25, 0.3) is 5.91 Å². The highest BCUT2D eigenvalue weighted by molar-refractivity contribution is 6.01. The van der Waals surface area contributed by atoms with Gasteiger partial charge in [-0.3, -0.25) is 4.79 Å². The zero-order chi connectivity index (χ0) is 20.4. The van der Waals surface area contributed by atoms with Gasteiger partial charge in [0.15, 0.2) is 11.5 Å². The van der Waals surface area contributed by atoms with Gasteiger partial charge < -0.3 is 14.0 Å². The monoisotopic (exact) mass is 389 g/mol. The van der Waals surface area contributed by atoms with E-state index in [1.165, 1.54) is 0 Å². The van der Waals surface area contributed by atoms with E-state index < -0.39 is 0 Å². The van der Waals surface area contributed by atoms with Gasteiger partial charge in [-0.1, -0.05) is 0 Å². The summed E-state index contributed by atoms with van der Waals surface area (Å²) in [5.41, 5.74) is 8.06. The van der Waals surface area contributed by atoms with Gasteiger partial charge in [0.1, 0.15) is 13.2 Å². The van der Waals surface area contributed by atoms with E-state index >= 15 is 0 Å². The van der Waals surface area contributed by atoms with E-state index in [1.807, 2.05) is 37.3 Å². The molecule has 0 radical (unpaired) electrons. The second-order valence-electron chi connectivity index (χ2n) is 6.99. The number of ether oxygens (including phenoxy) is 2. The molecule has 3 aromatic rings. The van der Waals surface area contributed by atoms with Crippen LogP contribution in [-0.2, 0) is 0 Å². The number of carbonyl (C=O) groups is 1. The zero-order valence-electron chi connectivity index (χ0n) is 16.7. The fraction of sp³-hybridized carbons (Fsp3) is 0.217. The quantitative estimate of drug-likeness (QED) is 0.541. The van der Waals surface area contributed by atoms with Crippen molar-refractivity contribution >= 4 is 11.6 Å². The Labute approximate surface area is 169 Å². The lowest BCUT2D eigenvalue weighted by atomic mass is 10.1. The van der Waals surface area contributed by atoms with E-state index in [9.17, 15) is 4.79 Å². The number of amides is 1. The molecule has 6 heteroatoms. The van der Waals surface area contributed by atoms with Crippen molar-refractivity contribution in [2.24, 2.45) is 5.10 Å². The molecule has 0 fully saturated rings. The molecule has 0 saturated heterocycles. The van der Waals surface area contributed by atoms with Crippen molar-refractivity contribution in [1.82, 2.24) is 9.99 Å². The third-order valence-electron chi connectivity index (χ3n) is 4.94. The number of hydrazone groups is 1. The van der Waals surface area contributed by atoms with Crippen molar-refractivity contribution in [2.45, 2.75) is 20.8 Å². The number of aryl methyl sites for hydroxylation is 2. The highest BCUT2D eigenvalue weighted by Gasteiger charge is 2.13. The van der Waals surface area contributed by atoms with Crippen LogP contribution in [0.2, 0.25) is 0 Å². The Bertz CT molecular complexity index is 1060. The summed E-state index contributed by atoms with van der Waals surface area (Å²) in [6, 6.07) is 17.3. The van der Waals surface area contributed by atoms with Gasteiger partial charge in [-0.05, 0) is 75.4 Å². The molecule has 0 spiro atoms. The first kappa shape index (κ1) is 18.8. The van der Waals surface area contributed by atoms with Crippen LogP contribution in [0.25, 0.3) is 5.69 Å². The molecule has 4 rings (SSSR count). The Balaban J connectivity index is 1.46. The molecule has 6 nitrogen and oxygen atoms in total. The van der Waals surface area contributed by atoms with Gasteiger partial charge in [-0.25, -0.2) is 5.43 Å². The SMILES string of the molecule is C/C(=N\NC(=O)c1ccc(-n2c(C)ccc2C)cc1)c1ccc2c(c1)OCCO2. The van der Waals surface area contributed by atoms with Crippen molar-refractivity contribution < 1.29 is 14.3 Å². The fourth-order valence-corrected chi connectivity index (χ4v) is 3.37. The Morgan fingerprint density at radius 1 is 0.897 bits per heavy atom. The van der Waals surface area contributed by atoms with Crippen molar-refractivity contribution in [2.75, 3.05) is 13.2 Å². The summed E-state index contributed by atoms with van der Waals surface area (Å²) < 4.78 is 13.3. The van der Waals surface area contributed by atoms with Gasteiger partial charge in [0.2, 0.25) is 0 Å². The van der Waals surface area contributed by atoms with Gasteiger partial charge in [0, 0.05) is 28.2 Å². The second kappa shape index (κ2) is 7.83. The number of rotatable bonds is 4. The minimum atomic E-state index is -0.255. The number of nitrogens with zero attached hydrogens (tertiary/aromatic N) is 2. The summed E-state index contributed by atoms with van der Waals surface area (Å²) in [6.45, 7) is 7.04. The molecule has 29 heavy (non-hydrogen) atoms. The van der Waals surface area contributed by atoms with Crippen molar-refractivity contribution in [3.05, 3.63) is 77.1 Å². The smallest absolute Gasteiger partial charge is 0.271 e. The molecule has 2 aromatic carbocycles. The number of aromatic nitrogens is 1. The second-order valence-corrected chi connectivity index (χ2v) is 6.99. The van der Waals surface area contributed by atoms with Crippen LogP contribution in [0.15, 0.2) is 59.7 Å². The topological polar surface area (TPSA) is 64.9 Å². The summed E-state index contributed by atoms with van der Waals surface area (Å²) in [5.74, 6) is 1.17. The van der Waals surface area contributed by atoms with E-state index in [-0.39, 0.29) is 5.91 Å². The van der Waals surface area contributed by atoms with Crippen molar-refractivity contribution in [3.63, 3.8) is 0 Å². The van der Waals surface area contributed by atoms with Crippen molar-refractivity contribution in [1.29, 1.82) is 0 Å². The molecule has 1 N–H and O–H groups in total. The maximum atomic E-state index is 12.5. The van der Waals surface area contributed by atoms with Gasteiger partial charge >= 0.3 is 0 Å². The van der Waals surface area contributed by atoms with Crippen LogP contribution < -0.4 is 14.9 Å². The predicted molar refractivity (Wildman–Crippen MR) is 112 cm³/mol. The summed E-state index contributed by atoms with van der Waals surface area (Å²) in [7, 11) is 0. The Kier molecular flexibility index (Phi) is 5.08. The number of hydrogen-bond donors (Lipinski definition) is 1. The molecule has 148 valence electrons. The predicted octanol–water partition coefficient (Wildman–Crippen LogP) is 4.02. The van der Waals surface area contributed by atoms with Gasteiger partial charge in [-0.2, -0.15) is 5.10 Å². The van der Waals surface area contributed by atoms with E-state index in [1.54, 1.807) is 12.1 Å². The van der Waals surface area contributed by atoms with Crippen LogP contribution in [0.5, 0.6) is 11.5 Å². The number of carbonyl (C=O) groups excluding carboxylic acids is 1. The largest absolute Gasteiger partial charge is 0.486 e. The summed E-state index contributed by atoms with van der Waals surface area (Å²) in [4.78, 5) is 12.5. The number of fused-ring (bicyclic) bond motifs is 1.